The van der Waals surface area contributed by atoms with Gasteiger partial charge in [-0.2, -0.15) is 0 Å². The van der Waals surface area contributed by atoms with E-state index in [0.29, 0.717) is 0 Å². The summed E-state index contributed by atoms with van der Waals surface area (Å²) in [5, 5.41) is 19.4. The predicted octanol–water partition coefficient (Wildman–Crippen LogP) is 2.89. The summed E-state index contributed by atoms with van der Waals surface area (Å²) in [6.45, 7) is 4.26. The number of rotatable bonds is 5. The Balaban J connectivity index is 1.96. The number of aliphatic hydroxyl groups excluding tert-OH is 2. The van der Waals surface area contributed by atoms with E-state index in [-0.39, 0.29) is 36.3 Å². The molecular weight excluding hydrogens is 240 g/mol. The Morgan fingerprint density at radius 3 is 2.26 bits per heavy atom. The highest BCUT2D eigenvalue weighted by Gasteiger charge is 2.44. The number of aliphatic hydroxyl groups is 2. The van der Waals surface area contributed by atoms with Crippen LogP contribution in [0.3, 0.4) is 0 Å². The zero-order valence-corrected chi connectivity index (χ0v) is 12.5. The van der Waals surface area contributed by atoms with Gasteiger partial charge in [-0.05, 0) is 38.0 Å². The van der Waals surface area contributed by atoms with Crippen molar-refractivity contribution in [1.29, 1.82) is 0 Å². The Kier molecular flexibility index (Phi) is 4.91. The van der Waals surface area contributed by atoms with Crippen LogP contribution in [0, 0.1) is 11.3 Å². The van der Waals surface area contributed by atoms with E-state index in [0.717, 1.165) is 12.8 Å². The average Bonchev–Trinajstić information content (AvgIpc) is 2.79. The molecule has 19 heavy (non-hydrogen) atoms. The van der Waals surface area contributed by atoms with Crippen LogP contribution in [0.15, 0.2) is 0 Å². The van der Waals surface area contributed by atoms with Crippen LogP contribution in [0.25, 0.3) is 0 Å². The largest absolute Gasteiger partial charge is 0.396 e. The van der Waals surface area contributed by atoms with E-state index in [1.807, 2.05) is 0 Å². The van der Waals surface area contributed by atoms with Crippen LogP contribution in [0.1, 0.15) is 65.2 Å². The van der Waals surface area contributed by atoms with Gasteiger partial charge >= 0.3 is 0 Å². The molecule has 0 aromatic carbocycles. The molecule has 0 aromatic heterocycles. The highest BCUT2D eigenvalue weighted by molar-refractivity contribution is 4.94. The van der Waals surface area contributed by atoms with Gasteiger partial charge in [0.2, 0.25) is 0 Å². The summed E-state index contributed by atoms with van der Waals surface area (Å²) in [6.07, 6.45) is 9.62. The molecule has 1 aliphatic carbocycles. The van der Waals surface area contributed by atoms with Crippen molar-refractivity contribution in [3.63, 3.8) is 0 Å². The van der Waals surface area contributed by atoms with Crippen molar-refractivity contribution in [3.05, 3.63) is 0 Å². The zero-order chi connectivity index (χ0) is 13.9. The minimum absolute atomic E-state index is 0.0496. The molecule has 0 radical (unpaired) electrons. The van der Waals surface area contributed by atoms with Crippen molar-refractivity contribution in [1.82, 2.24) is 0 Å². The summed E-state index contributed by atoms with van der Waals surface area (Å²) in [6, 6.07) is 0. The molecule has 3 nitrogen and oxygen atoms in total. The standard InChI is InChI=1S/C16H30O3/c1-13(2)15(11-17,12-18)10-14-6-9-16(19-14)7-4-3-5-8-16/h13-14,17-18H,3-12H2,1-2H3. The predicted molar refractivity (Wildman–Crippen MR) is 76.0 cm³/mol. The van der Waals surface area contributed by atoms with Crippen molar-refractivity contribution >= 4 is 0 Å². The van der Waals surface area contributed by atoms with Gasteiger partial charge in [0, 0.05) is 5.41 Å². The maximum Gasteiger partial charge on any atom is 0.0687 e. The second-order valence-electron chi connectivity index (χ2n) is 7.06. The lowest BCUT2D eigenvalue weighted by Crippen LogP contribution is -2.40. The summed E-state index contributed by atoms with van der Waals surface area (Å²) >= 11 is 0. The first-order chi connectivity index (χ1) is 9.06. The molecule has 1 saturated carbocycles. The summed E-state index contributed by atoms with van der Waals surface area (Å²) in [5.74, 6) is 0.272. The van der Waals surface area contributed by atoms with E-state index in [9.17, 15) is 10.2 Å². The Hall–Kier alpha value is -0.120. The van der Waals surface area contributed by atoms with Gasteiger partial charge in [0.15, 0.2) is 0 Å². The Morgan fingerprint density at radius 1 is 1.11 bits per heavy atom. The maximum atomic E-state index is 9.69. The van der Waals surface area contributed by atoms with Gasteiger partial charge in [0.25, 0.3) is 0 Å². The first kappa shape index (κ1) is 15.3. The van der Waals surface area contributed by atoms with Gasteiger partial charge in [0.05, 0.1) is 24.9 Å². The zero-order valence-electron chi connectivity index (χ0n) is 12.5. The summed E-state index contributed by atoms with van der Waals surface area (Å²) < 4.78 is 6.38. The van der Waals surface area contributed by atoms with Gasteiger partial charge in [-0.3, -0.25) is 0 Å². The van der Waals surface area contributed by atoms with E-state index >= 15 is 0 Å². The topological polar surface area (TPSA) is 49.7 Å². The number of hydrogen-bond acceptors (Lipinski definition) is 3. The van der Waals surface area contributed by atoms with Crippen molar-refractivity contribution in [3.8, 4) is 0 Å². The van der Waals surface area contributed by atoms with Crippen LogP contribution in [0.4, 0.5) is 0 Å². The molecule has 1 unspecified atom stereocenters. The fourth-order valence-electron chi connectivity index (χ4n) is 3.84. The van der Waals surface area contributed by atoms with Crippen molar-refractivity contribution < 1.29 is 14.9 Å². The third-order valence-electron chi connectivity index (χ3n) is 5.59. The van der Waals surface area contributed by atoms with E-state index in [4.69, 9.17) is 4.74 Å². The van der Waals surface area contributed by atoms with Crippen molar-refractivity contribution in [2.24, 2.45) is 11.3 Å². The lowest BCUT2D eigenvalue weighted by atomic mass is 9.74. The Labute approximate surface area is 117 Å². The molecule has 1 atom stereocenters. The molecule has 2 N–H and O–H groups in total. The van der Waals surface area contributed by atoms with Gasteiger partial charge < -0.3 is 14.9 Å². The van der Waals surface area contributed by atoms with Gasteiger partial charge in [-0.15, -0.1) is 0 Å². The first-order valence-corrected chi connectivity index (χ1v) is 7.95. The van der Waals surface area contributed by atoms with Crippen LogP contribution in [-0.4, -0.2) is 35.1 Å². The highest BCUT2D eigenvalue weighted by atomic mass is 16.5. The third-order valence-corrected chi connectivity index (χ3v) is 5.59. The fraction of sp³-hybridized carbons (Fsp3) is 1.00. The molecule has 1 spiro atoms. The SMILES string of the molecule is CC(C)C(CO)(CO)CC1CCC2(CCCCC2)O1. The second-order valence-corrected chi connectivity index (χ2v) is 7.06. The Bertz CT molecular complexity index is 278. The third kappa shape index (κ3) is 3.14. The lowest BCUT2D eigenvalue weighted by Gasteiger charge is -2.38. The quantitative estimate of drug-likeness (QED) is 0.807. The monoisotopic (exact) mass is 270 g/mol. The lowest BCUT2D eigenvalue weighted by molar-refractivity contribution is -0.0958. The minimum atomic E-state index is -0.384. The molecule has 0 amide bonds. The molecule has 1 heterocycles. The van der Waals surface area contributed by atoms with E-state index in [1.165, 1.54) is 38.5 Å². The molecule has 112 valence electrons. The van der Waals surface area contributed by atoms with Gasteiger partial charge in [-0.25, -0.2) is 0 Å². The second kappa shape index (κ2) is 6.11. The van der Waals surface area contributed by atoms with E-state index < -0.39 is 0 Å². The van der Waals surface area contributed by atoms with Crippen LogP contribution in [-0.2, 0) is 4.74 Å². The van der Waals surface area contributed by atoms with E-state index in [1.54, 1.807) is 0 Å². The fourth-order valence-corrected chi connectivity index (χ4v) is 3.84. The summed E-state index contributed by atoms with van der Waals surface area (Å²) in [5.41, 5.74) is -0.249. The molecule has 0 aromatic rings. The molecule has 0 bridgehead atoms. The number of ether oxygens (including phenoxy) is 1. The first-order valence-electron chi connectivity index (χ1n) is 7.95. The Morgan fingerprint density at radius 2 is 1.74 bits per heavy atom. The maximum absolute atomic E-state index is 9.69. The average molecular weight is 270 g/mol. The molecular formula is C16H30O3. The molecule has 1 aliphatic heterocycles. The number of hydrogen-bond donors (Lipinski definition) is 2. The smallest absolute Gasteiger partial charge is 0.0687 e. The van der Waals surface area contributed by atoms with Gasteiger partial charge in [-0.1, -0.05) is 33.1 Å². The molecule has 2 fully saturated rings. The summed E-state index contributed by atoms with van der Waals surface area (Å²) in [4.78, 5) is 0. The van der Waals surface area contributed by atoms with Crippen LogP contribution >= 0.6 is 0 Å². The van der Waals surface area contributed by atoms with E-state index in [2.05, 4.69) is 13.8 Å². The highest BCUT2D eigenvalue weighted by Crippen LogP contribution is 2.45. The van der Waals surface area contributed by atoms with Crippen molar-refractivity contribution in [2.45, 2.75) is 76.9 Å². The minimum Gasteiger partial charge on any atom is -0.396 e. The van der Waals surface area contributed by atoms with Crippen molar-refractivity contribution in [2.75, 3.05) is 13.2 Å². The van der Waals surface area contributed by atoms with Gasteiger partial charge in [0.1, 0.15) is 0 Å². The normalized spacial score (nSPS) is 27.3. The van der Waals surface area contributed by atoms with Crippen LogP contribution in [0.5, 0.6) is 0 Å². The van der Waals surface area contributed by atoms with Crippen LogP contribution < -0.4 is 0 Å². The summed E-state index contributed by atoms with van der Waals surface area (Å²) in [7, 11) is 0. The molecule has 2 aliphatic rings. The molecule has 3 heteroatoms. The molecule has 1 saturated heterocycles. The molecule has 2 rings (SSSR count). The van der Waals surface area contributed by atoms with Crippen LogP contribution in [0.2, 0.25) is 0 Å².